The summed E-state index contributed by atoms with van der Waals surface area (Å²) < 4.78 is 18.5. The van der Waals surface area contributed by atoms with Crippen LogP contribution in [-0.2, 0) is 11.2 Å². The summed E-state index contributed by atoms with van der Waals surface area (Å²) in [5, 5.41) is 2.78. The molecular weight excluding hydrogens is 269 g/mol. The molecule has 0 heterocycles. The fourth-order valence-corrected chi connectivity index (χ4v) is 1.91. The summed E-state index contributed by atoms with van der Waals surface area (Å²) >= 11 is 0. The Kier molecular flexibility index (Phi) is 5.76. The molecule has 21 heavy (non-hydrogen) atoms. The van der Waals surface area contributed by atoms with Gasteiger partial charge in [0.1, 0.15) is 18.2 Å². The summed E-state index contributed by atoms with van der Waals surface area (Å²) in [5.41, 5.74) is 0.825. The van der Waals surface area contributed by atoms with Crippen molar-refractivity contribution in [2.75, 3.05) is 13.2 Å². The lowest BCUT2D eigenvalue weighted by Crippen LogP contribution is -2.28. The number of ether oxygens (including phenoxy) is 1. The first kappa shape index (κ1) is 15.0. The Morgan fingerprint density at radius 1 is 1.10 bits per heavy atom. The van der Waals surface area contributed by atoms with Gasteiger partial charge >= 0.3 is 0 Å². The molecule has 2 aromatic carbocycles. The lowest BCUT2D eigenvalue weighted by atomic mass is 10.1. The minimum Gasteiger partial charge on any atom is -0.492 e. The van der Waals surface area contributed by atoms with Gasteiger partial charge in [-0.15, -0.1) is 0 Å². The highest BCUT2D eigenvalue weighted by Gasteiger charge is 2.02. The molecule has 2 aromatic rings. The fourth-order valence-electron chi connectivity index (χ4n) is 1.91. The number of hydrogen-bond acceptors (Lipinski definition) is 2. The molecule has 0 aromatic heterocycles. The molecule has 0 saturated carbocycles. The molecule has 0 aliphatic rings. The molecule has 0 unspecified atom stereocenters. The molecule has 1 amide bonds. The van der Waals surface area contributed by atoms with Crippen LogP contribution in [0.25, 0.3) is 0 Å². The Bertz CT molecular complexity index is 572. The number of benzene rings is 2. The minimum absolute atomic E-state index is 0.0593. The van der Waals surface area contributed by atoms with E-state index < -0.39 is 0 Å². The zero-order valence-corrected chi connectivity index (χ0v) is 11.7. The second kappa shape index (κ2) is 8.04. The van der Waals surface area contributed by atoms with Gasteiger partial charge in [0.05, 0.1) is 6.54 Å². The molecule has 4 heteroatoms. The maximum absolute atomic E-state index is 13.0. The van der Waals surface area contributed by atoms with E-state index in [0.717, 1.165) is 11.3 Å². The molecule has 0 bridgehead atoms. The third-order valence-electron chi connectivity index (χ3n) is 2.97. The summed E-state index contributed by atoms with van der Waals surface area (Å²) in [5.74, 6) is 0.451. The molecule has 0 atom stereocenters. The number of carbonyl (C=O) groups is 1. The van der Waals surface area contributed by atoms with Crippen LogP contribution in [0.15, 0.2) is 54.6 Å². The van der Waals surface area contributed by atoms with Gasteiger partial charge in [-0.2, -0.15) is 0 Å². The number of amides is 1. The number of hydrogen-bond donors (Lipinski definition) is 1. The molecule has 0 spiro atoms. The predicted molar refractivity (Wildman–Crippen MR) is 79.7 cm³/mol. The van der Waals surface area contributed by atoms with Crippen LogP contribution in [-0.4, -0.2) is 19.1 Å². The minimum atomic E-state index is -0.274. The molecular formula is C17H18FNO2. The highest BCUT2D eigenvalue weighted by atomic mass is 19.1. The van der Waals surface area contributed by atoms with Crippen LogP contribution in [0.3, 0.4) is 0 Å². The molecule has 0 aliphatic heterocycles. The summed E-state index contributed by atoms with van der Waals surface area (Å²) in [4.78, 5) is 11.7. The van der Waals surface area contributed by atoms with Gasteiger partial charge in [0.25, 0.3) is 0 Å². The van der Waals surface area contributed by atoms with Crippen LogP contribution in [0, 0.1) is 5.82 Å². The number of para-hydroxylation sites is 1. The molecule has 0 fully saturated rings. The smallest absolute Gasteiger partial charge is 0.220 e. The highest BCUT2D eigenvalue weighted by molar-refractivity contribution is 5.76. The standard InChI is InChI=1S/C17H18FNO2/c18-15-6-4-5-14(13-15)9-10-17(20)19-11-12-21-16-7-2-1-3-8-16/h1-8,13H,9-12H2,(H,19,20). The Balaban J connectivity index is 1.62. The van der Waals surface area contributed by atoms with Gasteiger partial charge in [0.2, 0.25) is 5.91 Å². The van der Waals surface area contributed by atoms with Crippen LogP contribution in [0.5, 0.6) is 5.75 Å². The van der Waals surface area contributed by atoms with Crippen LogP contribution in [0.2, 0.25) is 0 Å². The molecule has 0 saturated heterocycles. The topological polar surface area (TPSA) is 38.3 Å². The van der Waals surface area contributed by atoms with Crippen LogP contribution < -0.4 is 10.1 Å². The summed E-state index contributed by atoms with van der Waals surface area (Å²) in [6.07, 6.45) is 0.873. The van der Waals surface area contributed by atoms with Crippen molar-refractivity contribution in [3.63, 3.8) is 0 Å². The molecule has 0 radical (unpaired) electrons. The average molecular weight is 287 g/mol. The Labute approximate surface area is 123 Å². The highest BCUT2D eigenvalue weighted by Crippen LogP contribution is 2.08. The Hall–Kier alpha value is -2.36. The van der Waals surface area contributed by atoms with Crippen LogP contribution in [0.4, 0.5) is 4.39 Å². The molecule has 110 valence electrons. The van der Waals surface area contributed by atoms with Gasteiger partial charge in [-0.05, 0) is 36.2 Å². The molecule has 2 rings (SSSR count). The maximum Gasteiger partial charge on any atom is 0.220 e. The van der Waals surface area contributed by atoms with Gasteiger partial charge in [-0.3, -0.25) is 4.79 Å². The fraction of sp³-hybridized carbons (Fsp3) is 0.235. The number of aryl methyl sites for hydroxylation is 1. The van der Waals surface area contributed by atoms with Crippen LogP contribution in [0.1, 0.15) is 12.0 Å². The van der Waals surface area contributed by atoms with E-state index >= 15 is 0 Å². The van der Waals surface area contributed by atoms with Crippen LogP contribution >= 0.6 is 0 Å². The van der Waals surface area contributed by atoms with E-state index in [1.807, 2.05) is 36.4 Å². The van der Waals surface area contributed by atoms with Crippen molar-refractivity contribution >= 4 is 5.91 Å². The number of halogens is 1. The van der Waals surface area contributed by atoms with Crippen molar-refractivity contribution in [2.24, 2.45) is 0 Å². The van der Waals surface area contributed by atoms with Crippen molar-refractivity contribution in [3.8, 4) is 5.75 Å². The first-order valence-corrected chi connectivity index (χ1v) is 6.93. The van der Waals surface area contributed by atoms with Crippen molar-refractivity contribution < 1.29 is 13.9 Å². The van der Waals surface area contributed by atoms with Crippen molar-refractivity contribution in [1.29, 1.82) is 0 Å². The molecule has 0 aliphatic carbocycles. The molecule has 3 nitrogen and oxygen atoms in total. The van der Waals surface area contributed by atoms with Gasteiger partial charge in [-0.1, -0.05) is 30.3 Å². The second-order valence-electron chi connectivity index (χ2n) is 4.64. The van der Waals surface area contributed by atoms with Crippen molar-refractivity contribution in [1.82, 2.24) is 5.32 Å². The quantitative estimate of drug-likeness (QED) is 0.795. The Morgan fingerprint density at radius 3 is 2.67 bits per heavy atom. The first-order valence-electron chi connectivity index (χ1n) is 6.93. The SMILES string of the molecule is O=C(CCc1cccc(F)c1)NCCOc1ccccc1. The lowest BCUT2D eigenvalue weighted by molar-refractivity contribution is -0.121. The van der Waals surface area contributed by atoms with E-state index in [4.69, 9.17) is 4.74 Å². The predicted octanol–water partition coefficient (Wildman–Crippen LogP) is 2.95. The average Bonchev–Trinajstić information content (AvgIpc) is 2.51. The van der Waals surface area contributed by atoms with E-state index in [9.17, 15) is 9.18 Å². The number of rotatable bonds is 7. The van der Waals surface area contributed by atoms with E-state index in [-0.39, 0.29) is 11.7 Å². The molecule has 1 N–H and O–H groups in total. The maximum atomic E-state index is 13.0. The van der Waals surface area contributed by atoms with Gasteiger partial charge in [-0.25, -0.2) is 4.39 Å². The lowest BCUT2D eigenvalue weighted by Gasteiger charge is -2.07. The van der Waals surface area contributed by atoms with Crippen molar-refractivity contribution in [3.05, 3.63) is 66.0 Å². The summed E-state index contributed by atoms with van der Waals surface area (Å²) in [6, 6.07) is 15.7. The van der Waals surface area contributed by atoms with Gasteiger partial charge < -0.3 is 10.1 Å². The van der Waals surface area contributed by atoms with Crippen molar-refractivity contribution in [2.45, 2.75) is 12.8 Å². The second-order valence-corrected chi connectivity index (χ2v) is 4.64. The Morgan fingerprint density at radius 2 is 1.90 bits per heavy atom. The van der Waals surface area contributed by atoms with E-state index in [1.165, 1.54) is 12.1 Å². The van der Waals surface area contributed by atoms with Gasteiger partial charge in [0.15, 0.2) is 0 Å². The van der Waals surface area contributed by atoms with E-state index in [0.29, 0.717) is 26.0 Å². The third-order valence-corrected chi connectivity index (χ3v) is 2.97. The third kappa shape index (κ3) is 5.65. The van der Waals surface area contributed by atoms with E-state index in [1.54, 1.807) is 6.07 Å². The zero-order valence-electron chi connectivity index (χ0n) is 11.7. The first-order chi connectivity index (χ1) is 10.2. The zero-order chi connectivity index (χ0) is 14.9. The monoisotopic (exact) mass is 287 g/mol. The largest absolute Gasteiger partial charge is 0.492 e. The normalized spacial score (nSPS) is 10.1. The van der Waals surface area contributed by atoms with Gasteiger partial charge in [0, 0.05) is 6.42 Å². The number of nitrogens with one attached hydrogen (secondary N) is 1. The number of carbonyl (C=O) groups excluding carboxylic acids is 1. The summed E-state index contributed by atoms with van der Waals surface area (Å²) in [6.45, 7) is 0.882. The van der Waals surface area contributed by atoms with E-state index in [2.05, 4.69) is 5.32 Å². The summed E-state index contributed by atoms with van der Waals surface area (Å²) in [7, 11) is 0.